The second kappa shape index (κ2) is 11.6. The molecule has 5 atom stereocenters. The number of methoxy groups -OCH3 is 2. The molecular weight excluding hydrogens is 568 g/mol. The number of ether oxygens (including phenoxy) is 3. The molecule has 1 fully saturated rings. The number of hydroxylamine groups is 1. The van der Waals surface area contributed by atoms with Crippen LogP contribution in [0.25, 0.3) is 0 Å². The van der Waals surface area contributed by atoms with Crippen LogP contribution >= 0.6 is 7.82 Å². The number of aliphatic hydroxyl groups is 2. The molecule has 3 aromatic carbocycles. The van der Waals surface area contributed by atoms with Crippen molar-refractivity contribution in [1.82, 2.24) is 5.48 Å². The zero-order valence-electron chi connectivity index (χ0n) is 23.7. The molecule has 0 saturated heterocycles. The molecule has 3 aromatic rings. The van der Waals surface area contributed by atoms with Gasteiger partial charge in [0.25, 0.3) is 0 Å². The van der Waals surface area contributed by atoms with E-state index in [9.17, 15) is 29.4 Å². The van der Waals surface area contributed by atoms with Crippen molar-refractivity contribution in [2.45, 2.75) is 23.2 Å². The van der Waals surface area contributed by atoms with Gasteiger partial charge >= 0.3 is 37.4 Å². The summed E-state index contributed by atoms with van der Waals surface area (Å²) in [6, 6.07) is 17.3. The van der Waals surface area contributed by atoms with Crippen molar-refractivity contribution < 1.29 is 83.9 Å². The number of phosphoric ester groups is 1. The normalized spacial score (nSPS) is 26.2. The SMILES string of the molecule is CONC(=O)[C@H]1[C@@H](O)[C@@]2(O)c3c(OC)cc(OC)cc3O[C@@]2(c2ccc(OP(=O)(O)O)cc2)[C@@H]1c1ccccc1.[H-].[Na+]. The molecule has 5 N–H and O–H groups in total. The van der Waals surface area contributed by atoms with Gasteiger partial charge in [-0.2, -0.15) is 0 Å². The standard InChI is InChI=1S/C27H28NO11P.Na.H/c1-35-18-13-19(36-2)23-20(14-18)38-27(16-9-11-17(12-10-16)39-40(32,33)34)22(15-7-5-4-6-8-15)21(25(30)28-37-3)24(29)26(23,27)31;;/h4-14,21-22,24,29,31H,1-3H3,(H,28,30)(H2,32,33,34);;/q;+1;-1/t21-,22-,24-,26+,27+;;/m1../s1. The predicted molar refractivity (Wildman–Crippen MR) is 140 cm³/mol. The molecule has 0 radical (unpaired) electrons. The van der Waals surface area contributed by atoms with Gasteiger partial charge in [0, 0.05) is 18.1 Å². The molecule has 0 spiro atoms. The number of nitrogens with one attached hydrogen (secondary N) is 1. The van der Waals surface area contributed by atoms with Crippen molar-refractivity contribution in [3.63, 3.8) is 0 Å². The van der Waals surface area contributed by atoms with Crippen molar-refractivity contribution in [3.8, 4) is 23.0 Å². The summed E-state index contributed by atoms with van der Waals surface area (Å²) in [6.45, 7) is 0. The number of hydrogen-bond acceptors (Lipinski definition) is 9. The number of aliphatic hydroxyl groups excluding tert-OH is 1. The molecule has 0 unspecified atom stereocenters. The first-order valence-corrected chi connectivity index (χ1v) is 13.6. The van der Waals surface area contributed by atoms with Crippen LogP contribution in [-0.2, 0) is 25.4 Å². The van der Waals surface area contributed by atoms with Crippen LogP contribution in [0.1, 0.15) is 24.0 Å². The van der Waals surface area contributed by atoms with Crippen LogP contribution in [0.3, 0.4) is 0 Å². The van der Waals surface area contributed by atoms with E-state index in [-0.39, 0.29) is 59.4 Å². The van der Waals surface area contributed by atoms with E-state index in [0.717, 1.165) is 0 Å². The molecule has 1 saturated carbocycles. The van der Waals surface area contributed by atoms with Crippen molar-refractivity contribution in [2.75, 3.05) is 21.3 Å². The molecule has 41 heavy (non-hydrogen) atoms. The Morgan fingerprint density at radius 1 is 1.00 bits per heavy atom. The maximum absolute atomic E-state index is 13.4. The fraction of sp³-hybridized carbons (Fsp3) is 0.296. The van der Waals surface area contributed by atoms with Gasteiger partial charge in [0.05, 0.1) is 32.8 Å². The molecule has 1 aliphatic heterocycles. The Kier molecular flexibility index (Phi) is 8.83. The quantitative estimate of drug-likeness (QED) is 0.125. The maximum Gasteiger partial charge on any atom is 1.00 e. The molecule has 5 rings (SSSR count). The van der Waals surface area contributed by atoms with Crippen LogP contribution in [-0.4, -0.2) is 53.3 Å². The number of carbonyl (C=O) groups excluding carboxylic acids is 1. The molecule has 0 bridgehead atoms. The van der Waals surface area contributed by atoms with E-state index in [2.05, 4.69) is 5.48 Å². The summed E-state index contributed by atoms with van der Waals surface area (Å²) in [5.74, 6) is -2.49. The van der Waals surface area contributed by atoms with Crippen LogP contribution in [0.4, 0.5) is 0 Å². The Hall–Kier alpha value is -2.64. The Morgan fingerprint density at radius 3 is 2.22 bits per heavy atom. The van der Waals surface area contributed by atoms with Gasteiger partial charge in [0.15, 0.2) is 11.2 Å². The third kappa shape index (κ3) is 4.93. The molecule has 12 nitrogen and oxygen atoms in total. The number of fused-ring (bicyclic) bond motifs is 3. The number of benzene rings is 3. The number of phosphoric acid groups is 1. The number of hydrogen-bond donors (Lipinski definition) is 5. The third-order valence-electron chi connectivity index (χ3n) is 7.45. The molecule has 214 valence electrons. The monoisotopic (exact) mass is 597 g/mol. The van der Waals surface area contributed by atoms with Gasteiger partial charge < -0.3 is 30.4 Å². The molecule has 1 heterocycles. The average Bonchev–Trinajstić information content (AvgIpc) is 3.30. The van der Waals surface area contributed by atoms with Gasteiger partial charge in [-0.15, -0.1) is 0 Å². The first-order chi connectivity index (χ1) is 19.0. The van der Waals surface area contributed by atoms with Crippen LogP contribution in [0.5, 0.6) is 23.0 Å². The van der Waals surface area contributed by atoms with Crippen molar-refractivity contribution in [3.05, 3.63) is 83.4 Å². The summed E-state index contributed by atoms with van der Waals surface area (Å²) < 4.78 is 33.7. The summed E-state index contributed by atoms with van der Waals surface area (Å²) in [5, 5.41) is 24.6. The fourth-order valence-corrected chi connectivity index (χ4v) is 6.42. The van der Waals surface area contributed by atoms with E-state index in [4.69, 9.17) is 23.6 Å². The van der Waals surface area contributed by atoms with Gasteiger partial charge in [0.2, 0.25) is 5.91 Å². The fourth-order valence-electron chi connectivity index (χ4n) is 6.03. The zero-order valence-corrected chi connectivity index (χ0v) is 25.6. The van der Waals surface area contributed by atoms with E-state index >= 15 is 0 Å². The second-order valence-electron chi connectivity index (χ2n) is 9.44. The Morgan fingerprint density at radius 2 is 1.66 bits per heavy atom. The second-order valence-corrected chi connectivity index (χ2v) is 10.6. The predicted octanol–water partition coefficient (Wildman–Crippen LogP) is -0.781. The number of carbonyl (C=O) groups is 1. The zero-order chi connectivity index (χ0) is 28.9. The first-order valence-electron chi connectivity index (χ1n) is 12.1. The molecule has 1 amide bonds. The van der Waals surface area contributed by atoms with Gasteiger partial charge in [-0.25, -0.2) is 10.0 Å². The van der Waals surface area contributed by atoms with Crippen molar-refractivity contribution in [1.29, 1.82) is 0 Å². The summed E-state index contributed by atoms with van der Waals surface area (Å²) >= 11 is 0. The molecule has 2 aliphatic rings. The molecule has 14 heteroatoms. The van der Waals surface area contributed by atoms with E-state index in [1.807, 2.05) is 0 Å². The van der Waals surface area contributed by atoms with Gasteiger partial charge in [-0.05, 0) is 23.3 Å². The number of rotatable bonds is 8. The number of amides is 1. The van der Waals surface area contributed by atoms with E-state index in [0.29, 0.717) is 11.3 Å². The topological polar surface area (TPSA) is 173 Å². The Labute approximate surface area is 259 Å². The smallest absolute Gasteiger partial charge is 1.00 e. The van der Waals surface area contributed by atoms with E-state index in [1.54, 1.807) is 36.4 Å². The molecular formula is C27H29NNaO11P. The summed E-state index contributed by atoms with van der Waals surface area (Å²) in [5.41, 5.74) is -0.910. The van der Waals surface area contributed by atoms with E-state index in [1.165, 1.54) is 51.7 Å². The summed E-state index contributed by atoms with van der Waals surface area (Å²) in [6.07, 6.45) is -1.75. The van der Waals surface area contributed by atoms with Crippen LogP contribution < -0.4 is 53.8 Å². The minimum atomic E-state index is -4.85. The molecule has 0 aromatic heterocycles. The van der Waals surface area contributed by atoms with Gasteiger partial charge in [0.1, 0.15) is 29.1 Å². The van der Waals surface area contributed by atoms with Gasteiger partial charge in [-0.3, -0.25) is 19.4 Å². The minimum absolute atomic E-state index is 0. The maximum atomic E-state index is 13.4. The Balaban J connectivity index is 0.00000242. The summed E-state index contributed by atoms with van der Waals surface area (Å²) in [7, 11) is -0.759. The van der Waals surface area contributed by atoms with E-state index < -0.39 is 42.9 Å². The largest absolute Gasteiger partial charge is 1.00 e. The van der Waals surface area contributed by atoms with Gasteiger partial charge in [-0.1, -0.05) is 42.5 Å². The van der Waals surface area contributed by atoms with Crippen molar-refractivity contribution in [2.24, 2.45) is 5.92 Å². The molecule has 1 aliphatic carbocycles. The van der Waals surface area contributed by atoms with Crippen LogP contribution in [0.15, 0.2) is 66.7 Å². The third-order valence-corrected chi connectivity index (χ3v) is 7.90. The first kappa shape index (κ1) is 31.3. The summed E-state index contributed by atoms with van der Waals surface area (Å²) in [4.78, 5) is 36.8. The van der Waals surface area contributed by atoms with Crippen LogP contribution in [0, 0.1) is 5.92 Å². The average molecular weight is 597 g/mol. The Bertz CT molecular complexity index is 1470. The van der Waals surface area contributed by atoms with Crippen LogP contribution in [0.2, 0.25) is 0 Å². The van der Waals surface area contributed by atoms with Crippen molar-refractivity contribution >= 4 is 13.7 Å². The minimum Gasteiger partial charge on any atom is -1.00 e.